The Labute approximate surface area is 140 Å². The smallest absolute Gasteiger partial charge is 0.274 e. The van der Waals surface area contributed by atoms with Crippen LogP contribution < -0.4 is 5.32 Å². The van der Waals surface area contributed by atoms with E-state index in [-0.39, 0.29) is 11.4 Å². The van der Waals surface area contributed by atoms with E-state index in [1.165, 1.54) is 0 Å². The molecule has 1 atom stereocenters. The van der Waals surface area contributed by atoms with Crippen LogP contribution in [0.2, 0.25) is 0 Å². The summed E-state index contributed by atoms with van der Waals surface area (Å²) in [5, 5.41) is 7.14. The normalized spacial score (nSPS) is 14.8. The van der Waals surface area contributed by atoms with E-state index in [2.05, 4.69) is 57.0 Å². The summed E-state index contributed by atoms with van der Waals surface area (Å²) in [5.41, 5.74) is 0.678. The SMILES string of the molecule is CCCN(C)C(C)(CC)C(C)(C)NC(=O)c1noc(CC)c1C. The molecule has 0 aliphatic rings. The van der Waals surface area contributed by atoms with E-state index in [0.29, 0.717) is 5.69 Å². The van der Waals surface area contributed by atoms with Crippen molar-refractivity contribution in [2.45, 2.75) is 78.8 Å². The quantitative estimate of drug-likeness (QED) is 0.794. The molecule has 1 amide bonds. The van der Waals surface area contributed by atoms with Gasteiger partial charge in [0, 0.05) is 17.5 Å². The summed E-state index contributed by atoms with van der Waals surface area (Å²) in [5.74, 6) is 0.606. The molecule has 1 aromatic heterocycles. The molecule has 1 N–H and O–H groups in total. The number of carbonyl (C=O) groups excluding carboxylic acids is 1. The van der Waals surface area contributed by atoms with Crippen molar-refractivity contribution in [3.8, 4) is 0 Å². The number of nitrogens with one attached hydrogen (secondary N) is 1. The van der Waals surface area contributed by atoms with Crippen LogP contribution in [0.15, 0.2) is 4.52 Å². The maximum absolute atomic E-state index is 12.7. The summed E-state index contributed by atoms with van der Waals surface area (Å²) >= 11 is 0. The number of likely N-dealkylation sites (N-methyl/N-ethyl adjacent to an activating group) is 1. The lowest BCUT2D eigenvalue weighted by Crippen LogP contribution is -2.66. The van der Waals surface area contributed by atoms with Crippen molar-refractivity contribution in [3.63, 3.8) is 0 Å². The van der Waals surface area contributed by atoms with Crippen molar-refractivity contribution >= 4 is 5.91 Å². The van der Waals surface area contributed by atoms with E-state index < -0.39 is 5.54 Å². The van der Waals surface area contributed by atoms with E-state index in [1.807, 2.05) is 13.8 Å². The van der Waals surface area contributed by atoms with Gasteiger partial charge in [0.1, 0.15) is 5.76 Å². The van der Waals surface area contributed by atoms with Crippen molar-refractivity contribution in [1.29, 1.82) is 0 Å². The maximum Gasteiger partial charge on any atom is 0.274 e. The largest absolute Gasteiger partial charge is 0.360 e. The van der Waals surface area contributed by atoms with Gasteiger partial charge < -0.3 is 9.84 Å². The van der Waals surface area contributed by atoms with Crippen LogP contribution >= 0.6 is 0 Å². The molecule has 0 saturated heterocycles. The molecular formula is C18H33N3O2. The zero-order chi connectivity index (χ0) is 17.8. The van der Waals surface area contributed by atoms with Gasteiger partial charge in [-0.1, -0.05) is 25.9 Å². The van der Waals surface area contributed by atoms with Gasteiger partial charge in [-0.05, 0) is 54.1 Å². The first-order valence-corrected chi connectivity index (χ1v) is 8.63. The van der Waals surface area contributed by atoms with Gasteiger partial charge in [-0.15, -0.1) is 0 Å². The molecule has 0 fully saturated rings. The third kappa shape index (κ3) is 3.77. The Hall–Kier alpha value is -1.36. The van der Waals surface area contributed by atoms with Gasteiger partial charge in [0.25, 0.3) is 5.91 Å². The first-order valence-electron chi connectivity index (χ1n) is 8.63. The number of hydrogen-bond acceptors (Lipinski definition) is 4. The molecule has 1 aromatic rings. The summed E-state index contributed by atoms with van der Waals surface area (Å²) < 4.78 is 5.26. The topological polar surface area (TPSA) is 58.4 Å². The number of hydrogen-bond donors (Lipinski definition) is 1. The molecular weight excluding hydrogens is 290 g/mol. The fourth-order valence-corrected chi connectivity index (χ4v) is 3.16. The third-order valence-electron chi connectivity index (χ3n) is 5.42. The highest BCUT2D eigenvalue weighted by molar-refractivity contribution is 5.94. The minimum Gasteiger partial charge on any atom is -0.360 e. The van der Waals surface area contributed by atoms with E-state index in [0.717, 1.165) is 37.1 Å². The molecule has 1 heterocycles. The maximum atomic E-state index is 12.7. The van der Waals surface area contributed by atoms with E-state index in [9.17, 15) is 4.79 Å². The van der Waals surface area contributed by atoms with Gasteiger partial charge in [0.2, 0.25) is 0 Å². The van der Waals surface area contributed by atoms with Crippen molar-refractivity contribution in [1.82, 2.24) is 15.4 Å². The van der Waals surface area contributed by atoms with Crippen LogP contribution in [0.25, 0.3) is 0 Å². The first kappa shape index (κ1) is 19.7. The minimum absolute atomic E-state index is 0.149. The van der Waals surface area contributed by atoms with Crippen LogP contribution in [-0.2, 0) is 6.42 Å². The molecule has 1 unspecified atom stereocenters. The number of aryl methyl sites for hydroxylation is 1. The summed E-state index contributed by atoms with van der Waals surface area (Å²) in [7, 11) is 2.12. The average Bonchev–Trinajstić information content (AvgIpc) is 2.86. The second-order valence-electron chi connectivity index (χ2n) is 7.06. The first-order chi connectivity index (χ1) is 10.6. The number of rotatable bonds is 8. The number of amides is 1. The van der Waals surface area contributed by atoms with Gasteiger partial charge in [-0.3, -0.25) is 9.69 Å². The Bertz CT molecular complexity index is 536. The van der Waals surface area contributed by atoms with Crippen LogP contribution in [0.3, 0.4) is 0 Å². The molecule has 0 aromatic carbocycles. The van der Waals surface area contributed by atoms with Crippen molar-refractivity contribution < 1.29 is 9.32 Å². The minimum atomic E-state index is -0.402. The van der Waals surface area contributed by atoms with Crippen LogP contribution in [0, 0.1) is 6.92 Å². The molecule has 0 radical (unpaired) electrons. The predicted octanol–water partition coefficient (Wildman–Crippen LogP) is 3.56. The molecule has 0 bridgehead atoms. The van der Waals surface area contributed by atoms with Gasteiger partial charge >= 0.3 is 0 Å². The standard InChI is InChI=1S/C18H33N3O2/c1-9-12-21(8)18(7,11-3)17(5,6)19-16(22)15-13(4)14(10-2)23-20-15/h9-12H2,1-8H3,(H,19,22). The van der Waals surface area contributed by atoms with E-state index in [4.69, 9.17) is 4.52 Å². The molecule has 0 saturated carbocycles. The second kappa shape index (κ2) is 7.47. The third-order valence-corrected chi connectivity index (χ3v) is 5.42. The fourth-order valence-electron chi connectivity index (χ4n) is 3.16. The highest BCUT2D eigenvalue weighted by Crippen LogP contribution is 2.31. The molecule has 1 rings (SSSR count). The number of carbonyl (C=O) groups is 1. The van der Waals surface area contributed by atoms with E-state index >= 15 is 0 Å². The molecule has 0 aliphatic carbocycles. The Morgan fingerprint density at radius 1 is 1.26 bits per heavy atom. The average molecular weight is 323 g/mol. The molecule has 132 valence electrons. The highest BCUT2D eigenvalue weighted by Gasteiger charge is 2.44. The molecule has 5 nitrogen and oxygen atoms in total. The number of aromatic nitrogens is 1. The summed E-state index contributed by atoms with van der Waals surface area (Å²) in [6.45, 7) is 15.6. The second-order valence-corrected chi connectivity index (χ2v) is 7.06. The van der Waals surface area contributed by atoms with Crippen molar-refractivity contribution in [2.75, 3.05) is 13.6 Å². The van der Waals surface area contributed by atoms with Gasteiger partial charge in [0.05, 0.1) is 5.54 Å². The van der Waals surface area contributed by atoms with Gasteiger partial charge in [-0.2, -0.15) is 0 Å². The number of nitrogens with zero attached hydrogens (tertiary/aromatic N) is 2. The lowest BCUT2D eigenvalue weighted by Gasteiger charge is -2.50. The van der Waals surface area contributed by atoms with Crippen molar-refractivity contribution in [3.05, 3.63) is 17.0 Å². The van der Waals surface area contributed by atoms with Gasteiger partial charge in [-0.25, -0.2) is 0 Å². The van der Waals surface area contributed by atoms with Gasteiger partial charge in [0.15, 0.2) is 5.69 Å². The van der Waals surface area contributed by atoms with Crippen LogP contribution in [0.1, 0.15) is 76.2 Å². The Balaban J connectivity index is 3.03. The molecule has 0 aliphatic heterocycles. The summed E-state index contributed by atoms with van der Waals surface area (Å²) in [6, 6.07) is 0. The monoisotopic (exact) mass is 323 g/mol. The van der Waals surface area contributed by atoms with Crippen molar-refractivity contribution in [2.24, 2.45) is 0 Å². The van der Waals surface area contributed by atoms with E-state index in [1.54, 1.807) is 0 Å². The highest BCUT2D eigenvalue weighted by atomic mass is 16.5. The lowest BCUT2D eigenvalue weighted by molar-refractivity contribution is 0.0375. The zero-order valence-electron chi connectivity index (χ0n) is 16.0. The fraction of sp³-hybridized carbons (Fsp3) is 0.778. The lowest BCUT2D eigenvalue weighted by atomic mass is 9.77. The van der Waals surface area contributed by atoms with Crippen LogP contribution in [0.5, 0.6) is 0 Å². The Kier molecular flexibility index (Phi) is 6.40. The molecule has 0 spiro atoms. The zero-order valence-corrected chi connectivity index (χ0v) is 16.0. The summed E-state index contributed by atoms with van der Waals surface area (Å²) in [6.07, 6.45) is 2.76. The molecule has 23 heavy (non-hydrogen) atoms. The molecule has 5 heteroatoms. The Morgan fingerprint density at radius 2 is 1.87 bits per heavy atom. The van der Waals surface area contributed by atoms with Crippen LogP contribution in [-0.4, -0.2) is 40.6 Å². The Morgan fingerprint density at radius 3 is 2.30 bits per heavy atom. The predicted molar refractivity (Wildman–Crippen MR) is 93.8 cm³/mol. The van der Waals surface area contributed by atoms with Crippen LogP contribution in [0.4, 0.5) is 0 Å². The summed E-state index contributed by atoms with van der Waals surface area (Å²) in [4.78, 5) is 15.0.